The predicted molar refractivity (Wildman–Crippen MR) is 82.3 cm³/mol. The van der Waals surface area contributed by atoms with Crippen molar-refractivity contribution in [1.82, 2.24) is 14.8 Å². The zero-order valence-corrected chi connectivity index (χ0v) is 13.2. The van der Waals surface area contributed by atoms with Crippen LogP contribution in [0.25, 0.3) is 0 Å². The van der Waals surface area contributed by atoms with Crippen LogP contribution in [0, 0.1) is 0 Å². The van der Waals surface area contributed by atoms with Crippen LogP contribution < -0.4 is 4.74 Å². The molecule has 21 heavy (non-hydrogen) atoms. The van der Waals surface area contributed by atoms with Crippen LogP contribution in [0.4, 0.5) is 4.79 Å². The van der Waals surface area contributed by atoms with Crippen molar-refractivity contribution in [2.45, 2.75) is 44.7 Å². The van der Waals surface area contributed by atoms with Crippen molar-refractivity contribution >= 4 is 6.09 Å². The number of nitrogens with zero attached hydrogens (tertiary/aromatic N) is 3. The summed E-state index contributed by atoms with van der Waals surface area (Å²) in [7, 11) is 5.77. The van der Waals surface area contributed by atoms with E-state index < -0.39 is 0 Å². The summed E-state index contributed by atoms with van der Waals surface area (Å²) in [5.41, 5.74) is 0.785. The second-order valence-corrected chi connectivity index (χ2v) is 5.96. The van der Waals surface area contributed by atoms with E-state index in [1.807, 2.05) is 26.0 Å². The fourth-order valence-electron chi connectivity index (χ4n) is 2.72. The van der Waals surface area contributed by atoms with E-state index in [0.29, 0.717) is 18.3 Å². The van der Waals surface area contributed by atoms with Crippen molar-refractivity contribution in [3.63, 3.8) is 0 Å². The van der Waals surface area contributed by atoms with Crippen molar-refractivity contribution in [2.24, 2.45) is 0 Å². The van der Waals surface area contributed by atoms with Crippen LogP contribution in [0.3, 0.4) is 0 Å². The van der Waals surface area contributed by atoms with Crippen LogP contribution in [-0.2, 0) is 6.54 Å². The standard InChI is InChI=1S/C16H25N3O2/c1-18(2)12-14-15(10-7-11-17-14)21-16(20)19(3)13-8-5-4-6-9-13/h7,10-11,13H,4-6,8-9,12H2,1-3H3. The van der Waals surface area contributed by atoms with Gasteiger partial charge in [-0.25, -0.2) is 4.79 Å². The number of hydrogen-bond donors (Lipinski definition) is 0. The topological polar surface area (TPSA) is 45.7 Å². The van der Waals surface area contributed by atoms with Gasteiger partial charge in [0.1, 0.15) is 0 Å². The van der Waals surface area contributed by atoms with Crippen LogP contribution in [0.2, 0.25) is 0 Å². The maximum atomic E-state index is 12.3. The maximum Gasteiger partial charge on any atom is 0.415 e. The first kappa shape index (κ1) is 15.8. The van der Waals surface area contributed by atoms with Crippen LogP contribution in [-0.4, -0.2) is 48.1 Å². The molecule has 0 aliphatic heterocycles. The lowest BCUT2D eigenvalue weighted by atomic mass is 9.95. The van der Waals surface area contributed by atoms with Crippen molar-refractivity contribution in [2.75, 3.05) is 21.1 Å². The number of amides is 1. The van der Waals surface area contributed by atoms with Crippen LogP contribution >= 0.6 is 0 Å². The minimum Gasteiger partial charge on any atom is -0.408 e. The highest BCUT2D eigenvalue weighted by molar-refractivity contribution is 5.71. The van der Waals surface area contributed by atoms with Gasteiger partial charge < -0.3 is 14.5 Å². The van der Waals surface area contributed by atoms with Crippen molar-refractivity contribution in [3.8, 4) is 5.75 Å². The normalized spacial score (nSPS) is 16.0. The van der Waals surface area contributed by atoms with E-state index in [1.54, 1.807) is 23.2 Å². The van der Waals surface area contributed by atoms with E-state index in [9.17, 15) is 4.79 Å². The Kier molecular flexibility index (Phi) is 5.56. The van der Waals surface area contributed by atoms with Gasteiger partial charge in [-0.15, -0.1) is 0 Å². The average Bonchev–Trinajstić information content (AvgIpc) is 2.49. The van der Waals surface area contributed by atoms with Gasteiger partial charge in [0.05, 0.1) is 5.69 Å². The minimum atomic E-state index is -0.282. The van der Waals surface area contributed by atoms with Gasteiger partial charge in [0.15, 0.2) is 5.75 Å². The molecule has 0 radical (unpaired) electrons. The van der Waals surface area contributed by atoms with Gasteiger partial charge >= 0.3 is 6.09 Å². The molecule has 1 aromatic rings. The Balaban J connectivity index is 2.01. The van der Waals surface area contributed by atoms with Gasteiger partial charge in [-0.2, -0.15) is 0 Å². The molecular weight excluding hydrogens is 266 g/mol. The number of rotatable bonds is 4. The first-order valence-electron chi connectivity index (χ1n) is 7.61. The maximum absolute atomic E-state index is 12.3. The third-order valence-electron chi connectivity index (χ3n) is 3.92. The Morgan fingerprint density at radius 3 is 2.67 bits per heavy atom. The minimum absolute atomic E-state index is 0.282. The summed E-state index contributed by atoms with van der Waals surface area (Å²) in [6.45, 7) is 0.649. The summed E-state index contributed by atoms with van der Waals surface area (Å²) >= 11 is 0. The summed E-state index contributed by atoms with van der Waals surface area (Å²) in [6, 6.07) is 3.90. The quantitative estimate of drug-likeness (QED) is 0.855. The molecule has 1 fully saturated rings. The van der Waals surface area contributed by atoms with Crippen molar-refractivity contribution in [1.29, 1.82) is 0 Å². The molecule has 5 heteroatoms. The fourth-order valence-corrected chi connectivity index (χ4v) is 2.72. The van der Waals surface area contributed by atoms with Crippen molar-refractivity contribution in [3.05, 3.63) is 24.0 Å². The third-order valence-corrected chi connectivity index (χ3v) is 3.92. The zero-order valence-electron chi connectivity index (χ0n) is 13.2. The number of carbonyl (C=O) groups excluding carboxylic acids is 1. The molecule has 1 saturated carbocycles. The monoisotopic (exact) mass is 291 g/mol. The van der Waals surface area contributed by atoms with Crippen LogP contribution in [0.15, 0.2) is 18.3 Å². The molecule has 0 N–H and O–H groups in total. The molecule has 1 heterocycles. The largest absolute Gasteiger partial charge is 0.415 e. The molecule has 1 amide bonds. The SMILES string of the molecule is CN(C)Cc1ncccc1OC(=O)N(C)C1CCCCC1. The van der Waals surface area contributed by atoms with Crippen LogP contribution in [0.5, 0.6) is 5.75 Å². The Bertz CT molecular complexity index is 470. The van der Waals surface area contributed by atoms with Gasteiger partial charge in [-0.3, -0.25) is 4.98 Å². The Morgan fingerprint density at radius 2 is 2.00 bits per heavy atom. The molecule has 0 unspecified atom stereocenters. The Hall–Kier alpha value is -1.62. The van der Waals surface area contributed by atoms with E-state index >= 15 is 0 Å². The van der Waals surface area contributed by atoms with Gasteiger partial charge in [0, 0.05) is 25.8 Å². The first-order valence-corrected chi connectivity index (χ1v) is 7.61. The number of pyridine rings is 1. The van der Waals surface area contributed by atoms with Gasteiger partial charge in [-0.1, -0.05) is 19.3 Å². The number of hydrogen-bond acceptors (Lipinski definition) is 4. The summed E-state index contributed by atoms with van der Waals surface area (Å²) in [6.07, 6.45) is 7.25. The zero-order chi connectivity index (χ0) is 15.2. The van der Waals surface area contributed by atoms with Gasteiger partial charge in [0.2, 0.25) is 0 Å². The molecule has 0 bridgehead atoms. The molecule has 0 saturated heterocycles. The second kappa shape index (κ2) is 7.41. The fraction of sp³-hybridized carbons (Fsp3) is 0.625. The predicted octanol–water partition coefficient (Wildman–Crippen LogP) is 2.91. The second-order valence-electron chi connectivity index (χ2n) is 5.96. The van der Waals surface area contributed by atoms with E-state index in [4.69, 9.17) is 4.74 Å². The lowest BCUT2D eigenvalue weighted by Crippen LogP contribution is -2.40. The molecule has 116 valence electrons. The first-order chi connectivity index (χ1) is 10.1. The third kappa shape index (κ3) is 4.43. The molecule has 1 aromatic heterocycles. The number of ether oxygens (including phenoxy) is 1. The Labute approximate surface area is 126 Å². The van der Waals surface area contributed by atoms with E-state index in [1.165, 1.54) is 19.3 Å². The van der Waals surface area contributed by atoms with E-state index in [0.717, 1.165) is 18.5 Å². The molecule has 2 rings (SSSR count). The molecule has 1 aliphatic rings. The molecule has 1 aliphatic carbocycles. The molecule has 0 aromatic carbocycles. The molecule has 5 nitrogen and oxygen atoms in total. The van der Waals surface area contributed by atoms with E-state index in [-0.39, 0.29) is 6.09 Å². The highest BCUT2D eigenvalue weighted by atomic mass is 16.6. The average molecular weight is 291 g/mol. The lowest BCUT2D eigenvalue weighted by Gasteiger charge is -2.30. The van der Waals surface area contributed by atoms with E-state index in [2.05, 4.69) is 4.98 Å². The highest BCUT2D eigenvalue weighted by Gasteiger charge is 2.24. The number of carbonyl (C=O) groups is 1. The molecular formula is C16H25N3O2. The molecule has 0 spiro atoms. The van der Waals surface area contributed by atoms with Crippen molar-refractivity contribution < 1.29 is 9.53 Å². The summed E-state index contributed by atoms with van der Waals surface area (Å²) in [4.78, 5) is 20.4. The highest BCUT2D eigenvalue weighted by Crippen LogP contribution is 2.23. The lowest BCUT2D eigenvalue weighted by molar-refractivity contribution is 0.132. The smallest absolute Gasteiger partial charge is 0.408 e. The Morgan fingerprint density at radius 1 is 1.29 bits per heavy atom. The molecule has 0 atom stereocenters. The summed E-state index contributed by atoms with van der Waals surface area (Å²) in [5, 5.41) is 0. The summed E-state index contributed by atoms with van der Waals surface area (Å²) < 4.78 is 5.56. The van der Waals surface area contributed by atoms with Gasteiger partial charge in [-0.05, 0) is 39.1 Å². The summed E-state index contributed by atoms with van der Waals surface area (Å²) in [5.74, 6) is 0.554. The van der Waals surface area contributed by atoms with Gasteiger partial charge in [0.25, 0.3) is 0 Å². The van der Waals surface area contributed by atoms with Crippen LogP contribution in [0.1, 0.15) is 37.8 Å². The number of aromatic nitrogens is 1.